The lowest BCUT2D eigenvalue weighted by molar-refractivity contribution is 0.0931. The van der Waals surface area contributed by atoms with Gasteiger partial charge in [0, 0.05) is 17.3 Å². The van der Waals surface area contributed by atoms with Gasteiger partial charge in [-0.15, -0.1) is 0 Å². The summed E-state index contributed by atoms with van der Waals surface area (Å²) in [7, 11) is 0. The number of nitrogens with zero attached hydrogens (tertiary/aromatic N) is 3. The Balaban J connectivity index is 0.000000816. The third-order valence-electron chi connectivity index (χ3n) is 3.48. The number of hydrogen-bond donors (Lipinski definition) is 1. The number of fused-ring (bicyclic) bond motifs is 1. The number of aryl methyl sites for hydroxylation is 1. The fourth-order valence-electron chi connectivity index (χ4n) is 1.95. The van der Waals surface area contributed by atoms with Gasteiger partial charge in [0.1, 0.15) is 5.69 Å². The lowest BCUT2D eigenvalue weighted by atomic mass is 10.1. The third kappa shape index (κ3) is 4.78. The van der Waals surface area contributed by atoms with Gasteiger partial charge < -0.3 is 5.32 Å². The Kier molecular flexibility index (Phi) is 7.20. The molecule has 2 aromatic heterocycles. The van der Waals surface area contributed by atoms with Crippen LogP contribution in [0.15, 0.2) is 12.3 Å². The van der Waals surface area contributed by atoms with Gasteiger partial charge in [-0.1, -0.05) is 41.0 Å². The van der Waals surface area contributed by atoms with E-state index in [0.717, 1.165) is 23.3 Å². The number of carbonyl (C=O) groups is 1. The van der Waals surface area contributed by atoms with Gasteiger partial charge >= 0.3 is 0 Å². The summed E-state index contributed by atoms with van der Waals surface area (Å²) in [6.45, 7) is 14.4. The summed E-state index contributed by atoms with van der Waals surface area (Å²) in [4.78, 5) is 17.0. The molecule has 5 heteroatoms. The molecule has 1 atom stereocenters. The molecule has 2 aromatic rings. The monoisotopic (exact) mass is 318 g/mol. The van der Waals surface area contributed by atoms with Crippen LogP contribution < -0.4 is 5.32 Å². The van der Waals surface area contributed by atoms with Crippen LogP contribution in [0.5, 0.6) is 0 Å². The Morgan fingerprint density at radius 3 is 2.39 bits per heavy atom. The zero-order valence-corrected chi connectivity index (χ0v) is 15.5. The van der Waals surface area contributed by atoms with E-state index in [-0.39, 0.29) is 17.9 Å². The first-order valence-electron chi connectivity index (χ1n) is 8.51. The third-order valence-corrected chi connectivity index (χ3v) is 3.48. The van der Waals surface area contributed by atoms with Crippen LogP contribution in [0.25, 0.3) is 5.65 Å². The molecule has 0 fully saturated rings. The van der Waals surface area contributed by atoms with Gasteiger partial charge in [-0.25, -0.2) is 9.50 Å². The first-order chi connectivity index (χ1) is 10.8. The highest BCUT2D eigenvalue weighted by Crippen LogP contribution is 2.17. The van der Waals surface area contributed by atoms with E-state index in [1.807, 2.05) is 26.8 Å². The smallest absolute Gasteiger partial charge is 0.270 e. The van der Waals surface area contributed by atoms with Gasteiger partial charge in [0.05, 0.1) is 6.20 Å². The maximum absolute atomic E-state index is 12.4. The molecule has 1 N–H and O–H groups in total. The number of nitrogens with one attached hydrogen (secondary N) is 1. The minimum Gasteiger partial charge on any atom is -0.348 e. The fourth-order valence-corrected chi connectivity index (χ4v) is 1.95. The van der Waals surface area contributed by atoms with Crippen molar-refractivity contribution in [2.75, 3.05) is 0 Å². The first-order valence-corrected chi connectivity index (χ1v) is 8.51. The minimum atomic E-state index is -0.100. The van der Waals surface area contributed by atoms with Crippen molar-refractivity contribution in [3.8, 4) is 0 Å². The molecule has 128 valence electrons. The van der Waals surface area contributed by atoms with Crippen LogP contribution >= 0.6 is 0 Å². The van der Waals surface area contributed by atoms with E-state index in [1.165, 1.54) is 6.42 Å². The summed E-state index contributed by atoms with van der Waals surface area (Å²) in [5, 5.41) is 7.25. The van der Waals surface area contributed by atoms with Crippen molar-refractivity contribution in [3.05, 3.63) is 29.2 Å². The predicted molar refractivity (Wildman–Crippen MR) is 95.0 cm³/mol. The Hall–Kier alpha value is -1.91. The van der Waals surface area contributed by atoms with Crippen LogP contribution in [0.3, 0.4) is 0 Å². The van der Waals surface area contributed by atoms with Crippen molar-refractivity contribution < 1.29 is 4.79 Å². The summed E-state index contributed by atoms with van der Waals surface area (Å²) in [6.07, 6.45) is 3.89. The van der Waals surface area contributed by atoms with Crippen LogP contribution in [0, 0.1) is 6.92 Å². The zero-order chi connectivity index (χ0) is 17.6. The molecule has 0 aliphatic rings. The number of hydrogen-bond acceptors (Lipinski definition) is 3. The summed E-state index contributed by atoms with van der Waals surface area (Å²) in [5.74, 6) is 0.168. The largest absolute Gasteiger partial charge is 0.348 e. The van der Waals surface area contributed by atoms with E-state index in [1.54, 1.807) is 10.7 Å². The van der Waals surface area contributed by atoms with Gasteiger partial charge in [0.15, 0.2) is 5.65 Å². The molecule has 1 amide bonds. The molecule has 0 aliphatic heterocycles. The summed E-state index contributed by atoms with van der Waals surface area (Å²) < 4.78 is 1.62. The molecule has 0 radical (unpaired) electrons. The topological polar surface area (TPSA) is 59.3 Å². The van der Waals surface area contributed by atoms with E-state index in [2.05, 4.69) is 43.1 Å². The lowest BCUT2D eigenvalue weighted by Crippen LogP contribution is -2.33. The van der Waals surface area contributed by atoms with Gasteiger partial charge in [0.25, 0.3) is 5.91 Å². The molecular formula is C18H30N4O. The normalized spacial score (nSPS) is 12.0. The molecular weight excluding hydrogens is 288 g/mol. The highest BCUT2D eigenvalue weighted by molar-refractivity contribution is 5.93. The van der Waals surface area contributed by atoms with Crippen molar-refractivity contribution in [2.24, 2.45) is 0 Å². The highest BCUT2D eigenvalue weighted by Gasteiger charge is 2.17. The van der Waals surface area contributed by atoms with Crippen molar-refractivity contribution >= 4 is 11.6 Å². The van der Waals surface area contributed by atoms with Crippen molar-refractivity contribution in [1.82, 2.24) is 19.9 Å². The molecule has 0 saturated heterocycles. The average molecular weight is 318 g/mol. The number of aromatic nitrogens is 3. The van der Waals surface area contributed by atoms with Gasteiger partial charge in [-0.2, -0.15) is 5.10 Å². The summed E-state index contributed by atoms with van der Waals surface area (Å²) in [6, 6.07) is 1.98. The van der Waals surface area contributed by atoms with Crippen molar-refractivity contribution in [2.45, 2.75) is 73.3 Å². The van der Waals surface area contributed by atoms with Crippen LogP contribution in [0.2, 0.25) is 0 Å². The molecule has 0 aromatic carbocycles. The molecule has 0 aliphatic carbocycles. The molecule has 2 rings (SSSR count). The second-order valence-electron chi connectivity index (χ2n) is 6.27. The van der Waals surface area contributed by atoms with Crippen LogP contribution in [0.4, 0.5) is 0 Å². The first kappa shape index (κ1) is 19.1. The zero-order valence-electron chi connectivity index (χ0n) is 15.5. The van der Waals surface area contributed by atoms with Gasteiger partial charge in [0.2, 0.25) is 0 Å². The molecule has 1 unspecified atom stereocenters. The van der Waals surface area contributed by atoms with E-state index in [9.17, 15) is 4.79 Å². The van der Waals surface area contributed by atoms with Crippen molar-refractivity contribution in [3.63, 3.8) is 0 Å². The maximum atomic E-state index is 12.4. The standard InChI is InChI=1S/C15H22N4O.C3H8/c1-6-11(5)17-15(20)13-7-12(9(2)3)18-14-10(4)8-16-19(13)14;1-3-2/h7-9,11H,6H2,1-5H3,(H,17,20);3H2,1-2H3. The Bertz CT molecular complexity index is 646. The van der Waals surface area contributed by atoms with E-state index in [4.69, 9.17) is 0 Å². The number of rotatable bonds is 4. The Morgan fingerprint density at radius 1 is 1.26 bits per heavy atom. The Labute approximate surface area is 139 Å². The second-order valence-corrected chi connectivity index (χ2v) is 6.27. The highest BCUT2D eigenvalue weighted by atomic mass is 16.2. The van der Waals surface area contributed by atoms with Crippen LogP contribution in [-0.4, -0.2) is 26.5 Å². The average Bonchev–Trinajstić information content (AvgIpc) is 2.88. The lowest BCUT2D eigenvalue weighted by Gasteiger charge is -2.14. The SMILES string of the molecule is CCC.CCC(C)NC(=O)c1cc(C(C)C)nc2c(C)cnn12. The molecule has 0 spiro atoms. The Morgan fingerprint density at radius 2 is 1.87 bits per heavy atom. The number of carbonyl (C=O) groups excluding carboxylic acids is 1. The van der Waals surface area contributed by atoms with Gasteiger partial charge in [-0.05, 0) is 32.3 Å². The van der Waals surface area contributed by atoms with E-state index in [0.29, 0.717) is 5.69 Å². The predicted octanol–water partition coefficient (Wildman–Crippen LogP) is 4.11. The molecule has 5 nitrogen and oxygen atoms in total. The fraction of sp³-hybridized carbons (Fsp3) is 0.611. The summed E-state index contributed by atoms with van der Waals surface area (Å²) in [5.41, 5.74) is 3.19. The molecule has 23 heavy (non-hydrogen) atoms. The second kappa shape index (κ2) is 8.65. The molecule has 0 saturated carbocycles. The quantitative estimate of drug-likeness (QED) is 0.923. The maximum Gasteiger partial charge on any atom is 0.270 e. The minimum absolute atomic E-state index is 0.100. The van der Waals surface area contributed by atoms with Gasteiger partial charge in [-0.3, -0.25) is 4.79 Å². The van der Waals surface area contributed by atoms with Crippen LogP contribution in [-0.2, 0) is 0 Å². The molecule has 2 heterocycles. The van der Waals surface area contributed by atoms with Crippen molar-refractivity contribution in [1.29, 1.82) is 0 Å². The summed E-state index contributed by atoms with van der Waals surface area (Å²) >= 11 is 0. The molecule has 0 bridgehead atoms. The van der Waals surface area contributed by atoms with Crippen LogP contribution in [0.1, 0.15) is 82.0 Å². The number of amides is 1. The van der Waals surface area contributed by atoms with E-state index < -0.39 is 0 Å². The van der Waals surface area contributed by atoms with E-state index >= 15 is 0 Å².